The molecule has 0 bridgehead atoms. The van der Waals surface area contributed by atoms with Crippen LogP contribution in [0.4, 0.5) is 17.1 Å². The Morgan fingerprint density at radius 2 is 2.08 bits per heavy atom. The largest absolute Gasteiger partial charge is 0.362 e. The summed E-state index contributed by atoms with van der Waals surface area (Å²) in [7, 11) is 0. The van der Waals surface area contributed by atoms with Crippen molar-refractivity contribution in [2.45, 2.75) is 12.8 Å². The van der Waals surface area contributed by atoms with E-state index in [0.29, 0.717) is 5.69 Å². The van der Waals surface area contributed by atoms with E-state index in [4.69, 9.17) is 11.6 Å². The van der Waals surface area contributed by atoms with Gasteiger partial charge < -0.3 is 10.2 Å². The number of aryl methyl sites for hydroxylation is 1. The highest BCUT2D eigenvalue weighted by atomic mass is 35.5. The fourth-order valence-electron chi connectivity index (χ4n) is 2.88. The molecule has 0 saturated heterocycles. The lowest BCUT2D eigenvalue weighted by atomic mass is 10.0. The van der Waals surface area contributed by atoms with Crippen LogP contribution in [0.5, 0.6) is 0 Å². The predicted octanol–water partition coefficient (Wildman–Crippen LogP) is 3.64. The van der Waals surface area contributed by atoms with Crippen LogP contribution in [0.2, 0.25) is 5.02 Å². The highest BCUT2D eigenvalue weighted by Gasteiger charge is 2.19. The average molecular weight is 346 g/mol. The van der Waals surface area contributed by atoms with Gasteiger partial charge >= 0.3 is 0 Å². The monoisotopic (exact) mass is 345 g/mol. The van der Waals surface area contributed by atoms with Gasteiger partial charge in [0.15, 0.2) is 0 Å². The van der Waals surface area contributed by atoms with Crippen LogP contribution in [-0.2, 0) is 11.2 Å². The van der Waals surface area contributed by atoms with Crippen LogP contribution in [0.15, 0.2) is 42.5 Å². The number of rotatable bonds is 4. The normalized spacial score (nSPS) is 13.3. The number of hydrogen-bond donors (Lipinski definition) is 1. The van der Waals surface area contributed by atoms with Crippen LogP contribution in [0.3, 0.4) is 0 Å². The molecule has 0 aliphatic carbocycles. The number of halogens is 1. The zero-order chi connectivity index (χ0) is 17.1. The van der Waals surface area contributed by atoms with Crippen molar-refractivity contribution in [1.82, 2.24) is 0 Å². The van der Waals surface area contributed by atoms with E-state index in [1.54, 1.807) is 6.07 Å². The van der Waals surface area contributed by atoms with E-state index in [2.05, 4.69) is 11.4 Å². The molecule has 0 spiro atoms. The van der Waals surface area contributed by atoms with Crippen molar-refractivity contribution in [1.29, 1.82) is 0 Å². The van der Waals surface area contributed by atoms with Gasteiger partial charge in [0.1, 0.15) is 5.02 Å². The maximum atomic E-state index is 12.3. The van der Waals surface area contributed by atoms with Crippen molar-refractivity contribution in [3.8, 4) is 0 Å². The summed E-state index contributed by atoms with van der Waals surface area (Å²) in [4.78, 5) is 24.7. The molecule has 0 atom stereocenters. The number of nitro benzene ring substituents is 1. The highest BCUT2D eigenvalue weighted by molar-refractivity contribution is 6.32. The van der Waals surface area contributed by atoms with E-state index in [9.17, 15) is 14.9 Å². The van der Waals surface area contributed by atoms with E-state index in [1.165, 1.54) is 17.7 Å². The number of amides is 1. The van der Waals surface area contributed by atoms with Gasteiger partial charge in [-0.2, -0.15) is 0 Å². The zero-order valence-corrected chi connectivity index (χ0v) is 13.6. The topological polar surface area (TPSA) is 75.5 Å². The number of para-hydroxylation sites is 1. The Kier molecular flexibility index (Phi) is 4.66. The van der Waals surface area contributed by atoms with Crippen LogP contribution in [0.1, 0.15) is 12.0 Å². The molecule has 1 heterocycles. The summed E-state index contributed by atoms with van der Waals surface area (Å²) >= 11 is 5.78. The van der Waals surface area contributed by atoms with Crippen molar-refractivity contribution >= 4 is 34.6 Å². The van der Waals surface area contributed by atoms with Gasteiger partial charge in [0.05, 0.1) is 11.5 Å². The second kappa shape index (κ2) is 6.88. The van der Waals surface area contributed by atoms with Crippen LogP contribution in [-0.4, -0.2) is 23.9 Å². The average Bonchev–Trinajstić information content (AvgIpc) is 2.56. The Balaban J connectivity index is 1.71. The van der Waals surface area contributed by atoms with Crippen LogP contribution >= 0.6 is 11.6 Å². The molecule has 1 aliphatic heterocycles. The number of benzene rings is 2. The number of nitrogens with zero attached hydrogens (tertiary/aromatic N) is 2. The second-order valence-corrected chi connectivity index (χ2v) is 6.03. The number of carbonyl (C=O) groups excluding carboxylic acids is 1. The molecule has 2 aromatic rings. The van der Waals surface area contributed by atoms with Crippen molar-refractivity contribution < 1.29 is 9.72 Å². The van der Waals surface area contributed by atoms with Crippen LogP contribution < -0.4 is 10.2 Å². The maximum absolute atomic E-state index is 12.3. The summed E-state index contributed by atoms with van der Waals surface area (Å²) in [5.74, 6) is -0.219. The summed E-state index contributed by atoms with van der Waals surface area (Å²) in [5, 5.41) is 13.7. The molecule has 6 nitrogen and oxygen atoms in total. The Morgan fingerprint density at radius 3 is 2.88 bits per heavy atom. The highest BCUT2D eigenvalue weighted by Crippen LogP contribution is 2.28. The molecular weight excluding hydrogens is 330 g/mol. The third kappa shape index (κ3) is 3.49. The molecule has 1 amide bonds. The predicted molar refractivity (Wildman–Crippen MR) is 93.7 cm³/mol. The zero-order valence-electron chi connectivity index (χ0n) is 12.9. The van der Waals surface area contributed by atoms with Gasteiger partial charge in [0.2, 0.25) is 5.91 Å². The minimum atomic E-state index is -0.571. The number of nitro groups is 1. The number of anilines is 2. The van der Waals surface area contributed by atoms with E-state index in [-0.39, 0.29) is 23.2 Å². The second-order valence-electron chi connectivity index (χ2n) is 5.63. The van der Waals surface area contributed by atoms with Gasteiger partial charge in [-0.05, 0) is 36.6 Å². The van der Waals surface area contributed by atoms with E-state index >= 15 is 0 Å². The van der Waals surface area contributed by atoms with Gasteiger partial charge in [0, 0.05) is 24.0 Å². The lowest BCUT2D eigenvalue weighted by Gasteiger charge is -2.30. The third-order valence-corrected chi connectivity index (χ3v) is 4.29. The van der Waals surface area contributed by atoms with Gasteiger partial charge in [-0.3, -0.25) is 14.9 Å². The van der Waals surface area contributed by atoms with Gasteiger partial charge in [-0.1, -0.05) is 29.8 Å². The quantitative estimate of drug-likeness (QED) is 0.678. The summed E-state index contributed by atoms with van der Waals surface area (Å²) in [6.45, 7) is 1.01. The molecule has 0 saturated carbocycles. The minimum absolute atomic E-state index is 0.0444. The Morgan fingerprint density at radius 1 is 1.29 bits per heavy atom. The molecule has 7 heteroatoms. The fourth-order valence-corrected chi connectivity index (χ4v) is 3.07. The van der Waals surface area contributed by atoms with Gasteiger partial charge in [-0.25, -0.2) is 0 Å². The minimum Gasteiger partial charge on any atom is -0.362 e. The van der Waals surface area contributed by atoms with E-state index in [0.717, 1.165) is 25.1 Å². The first kappa shape index (κ1) is 16.3. The van der Waals surface area contributed by atoms with Crippen molar-refractivity contribution in [2.24, 2.45) is 0 Å². The number of fused-ring (bicyclic) bond motifs is 1. The molecule has 124 valence electrons. The smallest absolute Gasteiger partial charge is 0.289 e. The molecule has 2 aromatic carbocycles. The summed E-state index contributed by atoms with van der Waals surface area (Å²) in [5.41, 5.74) is 2.44. The molecule has 3 rings (SSSR count). The molecule has 0 radical (unpaired) electrons. The van der Waals surface area contributed by atoms with Crippen molar-refractivity contribution in [3.05, 3.63) is 63.2 Å². The maximum Gasteiger partial charge on any atom is 0.289 e. The molecule has 0 fully saturated rings. The first-order chi connectivity index (χ1) is 11.5. The van der Waals surface area contributed by atoms with Crippen molar-refractivity contribution in [3.63, 3.8) is 0 Å². The molecule has 0 unspecified atom stereocenters. The van der Waals surface area contributed by atoms with Gasteiger partial charge in [-0.15, -0.1) is 0 Å². The third-order valence-electron chi connectivity index (χ3n) is 3.97. The Bertz CT molecular complexity index is 794. The standard InChI is InChI=1S/C17H16ClN3O3/c18-14-8-7-13(10-16(14)21(23)24)19-17(22)11-20-9-3-5-12-4-1-2-6-15(12)20/h1-2,4,6-8,10H,3,5,9,11H2,(H,19,22). The van der Waals surface area contributed by atoms with Crippen molar-refractivity contribution in [2.75, 3.05) is 23.3 Å². The van der Waals surface area contributed by atoms with Crippen LogP contribution in [0.25, 0.3) is 0 Å². The Labute approximate surface area is 144 Å². The molecule has 1 aliphatic rings. The lowest BCUT2D eigenvalue weighted by Crippen LogP contribution is -2.36. The fraction of sp³-hybridized carbons (Fsp3) is 0.235. The molecule has 1 N–H and O–H groups in total. The van der Waals surface area contributed by atoms with E-state index in [1.807, 2.05) is 23.1 Å². The number of carbonyl (C=O) groups is 1. The molecule has 24 heavy (non-hydrogen) atoms. The molecular formula is C17H16ClN3O3. The number of hydrogen-bond acceptors (Lipinski definition) is 4. The van der Waals surface area contributed by atoms with Crippen LogP contribution in [0, 0.1) is 10.1 Å². The molecule has 0 aromatic heterocycles. The first-order valence-electron chi connectivity index (χ1n) is 7.61. The summed E-state index contributed by atoms with van der Waals surface area (Å²) < 4.78 is 0. The van der Waals surface area contributed by atoms with Gasteiger partial charge in [0.25, 0.3) is 5.69 Å². The Hall–Kier alpha value is -2.60. The summed E-state index contributed by atoms with van der Waals surface area (Å²) in [6.07, 6.45) is 2.01. The SMILES string of the molecule is O=C(CN1CCCc2ccccc21)Nc1ccc(Cl)c([N+](=O)[O-])c1. The summed E-state index contributed by atoms with van der Waals surface area (Å²) in [6, 6.07) is 12.3. The number of nitrogens with one attached hydrogen (secondary N) is 1. The lowest BCUT2D eigenvalue weighted by molar-refractivity contribution is -0.384. The van der Waals surface area contributed by atoms with E-state index < -0.39 is 4.92 Å². The first-order valence-corrected chi connectivity index (χ1v) is 7.99.